The second-order valence-corrected chi connectivity index (χ2v) is 6.09. The van der Waals surface area contributed by atoms with Crippen molar-refractivity contribution in [3.8, 4) is 0 Å². The van der Waals surface area contributed by atoms with Crippen LogP contribution in [0, 0.1) is 0 Å². The fourth-order valence-electron chi connectivity index (χ4n) is 2.18. The normalized spacial score (nSPS) is 12.2. The standard InChI is InChI=1S/C12H20NO.C5H10O2/c1-11(14)9-13(2,3)10-12-7-5-4-6-8-12;1-2-3-4-5(6)7/h4-8,11,14H,9-10H2,1-3H3;2-4H2,1H3,(H,6,7)/q+1;/p-1. The lowest BCUT2D eigenvalue weighted by Gasteiger charge is -2.31. The van der Waals surface area contributed by atoms with E-state index in [1.807, 2.05) is 19.9 Å². The summed E-state index contributed by atoms with van der Waals surface area (Å²) in [7, 11) is 4.28. The summed E-state index contributed by atoms with van der Waals surface area (Å²) in [4.78, 5) is 9.65. The quantitative estimate of drug-likeness (QED) is 0.777. The molecule has 120 valence electrons. The van der Waals surface area contributed by atoms with E-state index in [1.54, 1.807) is 0 Å². The molecule has 0 amide bonds. The number of carboxylic acid groups (broad SMARTS) is 1. The van der Waals surface area contributed by atoms with Crippen LogP contribution in [-0.2, 0) is 11.3 Å². The topological polar surface area (TPSA) is 60.4 Å². The molecule has 1 unspecified atom stereocenters. The third kappa shape index (κ3) is 12.1. The SMILES string of the molecule is CC(O)C[N+](C)(C)Cc1ccccc1.CCCCC(=O)[O-]. The van der Waals surface area contributed by atoms with Gasteiger partial charge in [-0.1, -0.05) is 43.7 Å². The number of rotatable bonds is 7. The fraction of sp³-hybridized carbons (Fsp3) is 0.588. The molecular formula is C17H29NO3. The average Bonchev–Trinajstić information content (AvgIpc) is 2.36. The van der Waals surface area contributed by atoms with Crippen molar-refractivity contribution < 1.29 is 19.5 Å². The monoisotopic (exact) mass is 295 g/mol. The van der Waals surface area contributed by atoms with Crippen molar-refractivity contribution in [2.75, 3.05) is 20.6 Å². The number of aliphatic hydroxyl groups is 1. The highest BCUT2D eigenvalue weighted by atomic mass is 16.4. The molecule has 0 aliphatic heterocycles. The van der Waals surface area contributed by atoms with E-state index in [9.17, 15) is 15.0 Å². The molecule has 0 saturated carbocycles. The van der Waals surface area contributed by atoms with Crippen molar-refractivity contribution >= 4 is 5.97 Å². The van der Waals surface area contributed by atoms with Crippen molar-refractivity contribution in [2.24, 2.45) is 0 Å². The number of nitrogens with zero attached hydrogens (tertiary/aromatic N) is 1. The van der Waals surface area contributed by atoms with Crippen LogP contribution in [0.5, 0.6) is 0 Å². The number of aliphatic carboxylic acids is 1. The van der Waals surface area contributed by atoms with Crippen LogP contribution < -0.4 is 5.11 Å². The number of unbranched alkanes of at least 4 members (excludes halogenated alkanes) is 1. The van der Waals surface area contributed by atoms with Gasteiger partial charge in [0.05, 0.1) is 14.1 Å². The number of carbonyl (C=O) groups is 1. The van der Waals surface area contributed by atoms with Gasteiger partial charge in [0, 0.05) is 11.5 Å². The summed E-state index contributed by atoms with van der Waals surface area (Å²) in [6, 6.07) is 10.4. The van der Waals surface area contributed by atoms with Crippen LogP contribution in [0.15, 0.2) is 30.3 Å². The molecule has 0 radical (unpaired) electrons. The van der Waals surface area contributed by atoms with Gasteiger partial charge < -0.3 is 19.5 Å². The minimum atomic E-state index is -0.943. The number of hydrogen-bond acceptors (Lipinski definition) is 3. The number of aliphatic hydroxyl groups excluding tert-OH is 1. The van der Waals surface area contributed by atoms with Gasteiger partial charge in [-0.15, -0.1) is 0 Å². The molecular weight excluding hydrogens is 266 g/mol. The largest absolute Gasteiger partial charge is 0.550 e. The summed E-state index contributed by atoms with van der Waals surface area (Å²) < 4.78 is 0.821. The van der Waals surface area contributed by atoms with Crippen molar-refractivity contribution in [3.63, 3.8) is 0 Å². The summed E-state index contributed by atoms with van der Waals surface area (Å²) in [6.45, 7) is 5.54. The number of carbonyl (C=O) groups excluding carboxylic acids is 1. The number of quaternary nitrogens is 1. The first kappa shape index (κ1) is 19.6. The molecule has 21 heavy (non-hydrogen) atoms. The number of benzene rings is 1. The molecule has 4 nitrogen and oxygen atoms in total. The van der Waals surface area contributed by atoms with Crippen LogP contribution in [0.2, 0.25) is 0 Å². The fourth-order valence-corrected chi connectivity index (χ4v) is 2.18. The predicted molar refractivity (Wildman–Crippen MR) is 83.3 cm³/mol. The highest BCUT2D eigenvalue weighted by Gasteiger charge is 2.17. The van der Waals surface area contributed by atoms with Gasteiger partial charge in [0.25, 0.3) is 0 Å². The van der Waals surface area contributed by atoms with E-state index in [0.717, 1.165) is 30.4 Å². The molecule has 0 bridgehead atoms. The lowest BCUT2D eigenvalue weighted by Crippen LogP contribution is -2.43. The van der Waals surface area contributed by atoms with Gasteiger partial charge in [-0.25, -0.2) is 0 Å². The summed E-state index contributed by atoms with van der Waals surface area (Å²) in [6.07, 6.45) is 1.63. The van der Waals surface area contributed by atoms with E-state index in [1.165, 1.54) is 5.56 Å². The lowest BCUT2D eigenvalue weighted by atomic mass is 10.2. The van der Waals surface area contributed by atoms with Crippen LogP contribution in [-0.4, -0.2) is 42.3 Å². The Bertz CT molecular complexity index is 388. The maximum atomic E-state index is 9.65. The zero-order valence-corrected chi connectivity index (χ0v) is 13.7. The van der Waals surface area contributed by atoms with Gasteiger partial charge in [-0.2, -0.15) is 0 Å². The minimum Gasteiger partial charge on any atom is -0.550 e. The minimum absolute atomic E-state index is 0.205. The Hall–Kier alpha value is -1.39. The Morgan fingerprint density at radius 2 is 1.86 bits per heavy atom. The maximum absolute atomic E-state index is 9.65. The van der Waals surface area contributed by atoms with Crippen LogP contribution in [0.25, 0.3) is 0 Å². The third-order valence-corrected chi connectivity index (χ3v) is 2.95. The van der Waals surface area contributed by atoms with Crippen LogP contribution >= 0.6 is 0 Å². The average molecular weight is 295 g/mol. The van der Waals surface area contributed by atoms with E-state index in [2.05, 4.69) is 38.4 Å². The number of hydrogen-bond donors (Lipinski definition) is 1. The number of carboxylic acids is 1. The van der Waals surface area contributed by atoms with Gasteiger partial charge in [-0.3, -0.25) is 0 Å². The Balaban J connectivity index is 0.000000486. The molecule has 0 fully saturated rings. The Labute approximate surface area is 128 Å². The predicted octanol–water partition coefficient (Wildman–Crippen LogP) is 1.57. The molecule has 0 spiro atoms. The van der Waals surface area contributed by atoms with Crippen molar-refractivity contribution in [3.05, 3.63) is 35.9 Å². The molecule has 1 N–H and O–H groups in total. The molecule has 1 atom stereocenters. The van der Waals surface area contributed by atoms with Gasteiger partial charge in [-0.05, 0) is 19.8 Å². The molecule has 1 aromatic carbocycles. The second-order valence-electron chi connectivity index (χ2n) is 6.09. The van der Waals surface area contributed by atoms with E-state index >= 15 is 0 Å². The molecule has 1 aromatic rings. The van der Waals surface area contributed by atoms with Crippen LogP contribution in [0.4, 0.5) is 0 Å². The van der Waals surface area contributed by atoms with E-state index in [0.29, 0.717) is 0 Å². The summed E-state index contributed by atoms with van der Waals surface area (Å²) in [5.74, 6) is -0.943. The Morgan fingerprint density at radius 3 is 2.24 bits per heavy atom. The highest BCUT2D eigenvalue weighted by molar-refractivity contribution is 5.63. The lowest BCUT2D eigenvalue weighted by molar-refractivity contribution is -0.906. The van der Waals surface area contributed by atoms with E-state index in [-0.39, 0.29) is 12.5 Å². The highest BCUT2D eigenvalue weighted by Crippen LogP contribution is 2.09. The molecule has 4 heteroatoms. The van der Waals surface area contributed by atoms with Crippen molar-refractivity contribution in [1.82, 2.24) is 0 Å². The molecule has 0 saturated heterocycles. The first-order chi connectivity index (χ1) is 9.76. The molecule has 0 aliphatic carbocycles. The Kier molecular flexibility index (Phi) is 9.67. The van der Waals surface area contributed by atoms with Crippen LogP contribution in [0.3, 0.4) is 0 Å². The van der Waals surface area contributed by atoms with Gasteiger partial charge in [0.1, 0.15) is 19.2 Å². The first-order valence-electron chi connectivity index (χ1n) is 7.50. The zero-order chi connectivity index (χ0) is 16.3. The van der Waals surface area contributed by atoms with Crippen molar-refractivity contribution in [2.45, 2.75) is 45.8 Å². The maximum Gasteiger partial charge on any atom is 0.105 e. The third-order valence-electron chi connectivity index (χ3n) is 2.95. The summed E-state index contributed by atoms with van der Waals surface area (Å²) in [5.41, 5.74) is 1.32. The van der Waals surface area contributed by atoms with Crippen molar-refractivity contribution in [1.29, 1.82) is 0 Å². The summed E-state index contributed by atoms with van der Waals surface area (Å²) in [5, 5.41) is 19.0. The van der Waals surface area contributed by atoms with E-state index < -0.39 is 5.97 Å². The van der Waals surface area contributed by atoms with Gasteiger partial charge in [0.15, 0.2) is 0 Å². The molecule has 1 rings (SSSR count). The van der Waals surface area contributed by atoms with Gasteiger partial charge in [0.2, 0.25) is 0 Å². The number of likely N-dealkylation sites (N-methyl/N-ethyl adjacent to an activating group) is 1. The van der Waals surface area contributed by atoms with E-state index in [4.69, 9.17) is 0 Å². The molecule has 0 aliphatic rings. The molecule has 0 heterocycles. The smallest absolute Gasteiger partial charge is 0.105 e. The molecule has 0 aromatic heterocycles. The van der Waals surface area contributed by atoms with Crippen LogP contribution in [0.1, 0.15) is 38.7 Å². The first-order valence-corrected chi connectivity index (χ1v) is 7.50. The van der Waals surface area contributed by atoms with Gasteiger partial charge >= 0.3 is 0 Å². The summed E-state index contributed by atoms with van der Waals surface area (Å²) >= 11 is 0. The second kappa shape index (κ2) is 10.4. The zero-order valence-electron chi connectivity index (χ0n) is 13.7. The Morgan fingerprint density at radius 1 is 1.29 bits per heavy atom.